The zero-order valence-corrected chi connectivity index (χ0v) is 12.6. The topological polar surface area (TPSA) is 37.3 Å². The van der Waals surface area contributed by atoms with Gasteiger partial charge in [0, 0.05) is 37.6 Å². The van der Waals surface area contributed by atoms with Crippen LogP contribution in [0, 0.1) is 6.92 Å². The molecule has 0 radical (unpaired) electrons. The second kappa shape index (κ2) is 5.42. The van der Waals surface area contributed by atoms with Crippen LogP contribution < -0.4 is 5.32 Å². The second-order valence-electron chi connectivity index (χ2n) is 5.36. The number of nitrogens with zero attached hydrogens (tertiary/aromatic N) is 2. The van der Waals surface area contributed by atoms with Gasteiger partial charge in [0.25, 0.3) is 5.91 Å². The maximum absolute atomic E-state index is 12.1. The summed E-state index contributed by atoms with van der Waals surface area (Å²) in [5.41, 5.74) is 2.39. The van der Waals surface area contributed by atoms with Gasteiger partial charge in [-0.15, -0.1) is 11.3 Å². The van der Waals surface area contributed by atoms with Crippen molar-refractivity contribution in [2.24, 2.45) is 0 Å². The Bertz CT molecular complexity index is 616. The van der Waals surface area contributed by atoms with Crippen molar-refractivity contribution < 1.29 is 4.79 Å². The van der Waals surface area contributed by atoms with Crippen molar-refractivity contribution in [1.29, 1.82) is 0 Å². The fourth-order valence-corrected chi connectivity index (χ4v) is 3.48. The van der Waals surface area contributed by atoms with Gasteiger partial charge in [-0.1, -0.05) is 0 Å². The molecule has 0 spiro atoms. The Morgan fingerprint density at radius 3 is 3.10 bits per heavy atom. The zero-order valence-electron chi connectivity index (χ0n) is 11.8. The minimum absolute atomic E-state index is 0.0456. The average Bonchev–Trinajstić information content (AvgIpc) is 3.04. The predicted molar refractivity (Wildman–Crippen MR) is 81.1 cm³/mol. The van der Waals surface area contributed by atoms with E-state index >= 15 is 0 Å². The molecule has 1 aliphatic rings. The minimum atomic E-state index is 0.0456. The number of fused-ring (bicyclic) bond motifs is 1. The van der Waals surface area contributed by atoms with Crippen LogP contribution >= 0.6 is 11.3 Å². The van der Waals surface area contributed by atoms with Crippen LogP contribution in [-0.2, 0) is 13.1 Å². The number of hydrogen-bond acceptors (Lipinski definition) is 3. The molecule has 1 aliphatic heterocycles. The maximum atomic E-state index is 12.1. The summed E-state index contributed by atoms with van der Waals surface area (Å²) in [6.45, 7) is 4.53. The van der Waals surface area contributed by atoms with Gasteiger partial charge in [0.2, 0.25) is 0 Å². The predicted octanol–water partition coefficient (Wildman–Crippen LogP) is 2.10. The van der Waals surface area contributed by atoms with Crippen LogP contribution in [0.4, 0.5) is 0 Å². The lowest BCUT2D eigenvalue weighted by atomic mass is 10.2. The van der Waals surface area contributed by atoms with Crippen LogP contribution in [0.25, 0.3) is 0 Å². The summed E-state index contributed by atoms with van der Waals surface area (Å²) < 4.78 is 2.27. The Hall–Kier alpha value is -1.59. The van der Waals surface area contributed by atoms with Crippen molar-refractivity contribution in [2.45, 2.75) is 26.1 Å². The fraction of sp³-hybridized carbons (Fsp3) is 0.400. The van der Waals surface area contributed by atoms with Crippen LogP contribution in [0.5, 0.6) is 0 Å². The standard InChI is InChI=1S/C15H19N3OS/c1-11-5-7-20-14(11)15(19)16-8-13-10-18-6-3-4-12(18)9-17(13)2/h3-7,13H,8-10H2,1-2H3,(H,16,19). The summed E-state index contributed by atoms with van der Waals surface area (Å²) in [6, 6.07) is 6.57. The van der Waals surface area contributed by atoms with Crippen molar-refractivity contribution in [1.82, 2.24) is 14.8 Å². The third-order valence-electron chi connectivity index (χ3n) is 3.93. The first-order valence-corrected chi connectivity index (χ1v) is 7.69. The summed E-state index contributed by atoms with van der Waals surface area (Å²) in [6.07, 6.45) is 2.11. The molecule has 1 N–H and O–H groups in total. The Kier molecular flexibility index (Phi) is 3.63. The first-order chi connectivity index (χ1) is 9.65. The van der Waals surface area contributed by atoms with E-state index in [1.54, 1.807) is 0 Å². The van der Waals surface area contributed by atoms with Gasteiger partial charge in [-0.25, -0.2) is 0 Å². The number of amides is 1. The van der Waals surface area contributed by atoms with Gasteiger partial charge in [-0.05, 0) is 43.1 Å². The molecule has 106 valence electrons. The number of aryl methyl sites for hydroxylation is 1. The molecular formula is C15H19N3OS. The number of likely N-dealkylation sites (N-methyl/N-ethyl adjacent to an activating group) is 1. The first kappa shape index (κ1) is 13.4. The van der Waals surface area contributed by atoms with Gasteiger partial charge in [0.1, 0.15) is 0 Å². The molecule has 5 heteroatoms. The molecule has 1 amide bonds. The van der Waals surface area contributed by atoms with E-state index in [9.17, 15) is 4.79 Å². The maximum Gasteiger partial charge on any atom is 0.261 e. The molecule has 1 unspecified atom stereocenters. The SMILES string of the molecule is Cc1ccsc1C(=O)NCC1Cn2cccc2CN1C. The van der Waals surface area contributed by atoms with Crippen LogP contribution in [-0.4, -0.2) is 35.0 Å². The molecule has 1 atom stereocenters. The van der Waals surface area contributed by atoms with E-state index < -0.39 is 0 Å². The Balaban J connectivity index is 1.62. The van der Waals surface area contributed by atoms with Crippen LogP contribution in [0.2, 0.25) is 0 Å². The highest BCUT2D eigenvalue weighted by molar-refractivity contribution is 7.12. The number of aromatic nitrogens is 1. The number of nitrogens with one attached hydrogen (secondary N) is 1. The normalized spacial score (nSPS) is 18.8. The third-order valence-corrected chi connectivity index (χ3v) is 4.95. The van der Waals surface area contributed by atoms with Gasteiger partial charge in [0.15, 0.2) is 0 Å². The quantitative estimate of drug-likeness (QED) is 0.939. The van der Waals surface area contributed by atoms with Gasteiger partial charge in [0.05, 0.1) is 4.88 Å². The Labute approximate surface area is 123 Å². The van der Waals surface area contributed by atoms with E-state index in [-0.39, 0.29) is 5.91 Å². The number of carbonyl (C=O) groups is 1. The highest BCUT2D eigenvalue weighted by atomic mass is 32.1. The number of hydrogen-bond donors (Lipinski definition) is 1. The molecule has 0 bridgehead atoms. The van der Waals surface area contributed by atoms with Gasteiger partial charge < -0.3 is 9.88 Å². The summed E-state index contributed by atoms with van der Waals surface area (Å²) in [4.78, 5) is 15.3. The molecule has 4 nitrogen and oxygen atoms in total. The molecule has 0 aliphatic carbocycles. The fourth-order valence-electron chi connectivity index (χ4n) is 2.64. The van der Waals surface area contributed by atoms with E-state index in [0.717, 1.165) is 23.5 Å². The number of carbonyl (C=O) groups excluding carboxylic acids is 1. The van der Waals surface area contributed by atoms with Crippen LogP contribution in [0.15, 0.2) is 29.8 Å². The van der Waals surface area contributed by atoms with Crippen LogP contribution in [0.3, 0.4) is 0 Å². The monoisotopic (exact) mass is 289 g/mol. The lowest BCUT2D eigenvalue weighted by Gasteiger charge is -2.34. The van der Waals surface area contributed by atoms with Gasteiger partial charge in [-0.3, -0.25) is 9.69 Å². The smallest absolute Gasteiger partial charge is 0.261 e. The number of thiophene rings is 1. The van der Waals surface area contributed by atoms with Crippen molar-refractivity contribution in [2.75, 3.05) is 13.6 Å². The lowest BCUT2D eigenvalue weighted by molar-refractivity contribution is 0.0929. The highest BCUT2D eigenvalue weighted by Crippen LogP contribution is 2.17. The van der Waals surface area contributed by atoms with E-state index in [0.29, 0.717) is 12.6 Å². The van der Waals surface area contributed by atoms with Crippen molar-refractivity contribution >= 4 is 17.2 Å². The molecule has 3 rings (SSSR count). The first-order valence-electron chi connectivity index (χ1n) is 6.81. The van der Waals surface area contributed by atoms with E-state index in [2.05, 4.69) is 40.2 Å². The second-order valence-corrected chi connectivity index (χ2v) is 6.28. The van der Waals surface area contributed by atoms with E-state index in [4.69, 9.17) is 0 Å². The lowest BCUT2D eigenvalue weighted by Crippen LogP contribution is -2.47. The summed E-state index contributed by atoms with van der Waals surface area (Å²) >= 11 is 1.50. The van der Waals surface area contributed by atoms with Crippen molar-refractivity contribution in [3.8, 4) is 0 Å². The van der Waals surface area contributed by atoms with Crippen LogP contribution in [0.1, 0.15) is 20.9 Å². The largest absolute Gasteiger partial charge is 0.350 e. The number of rotatable bonds is 3. The van der Waals surface area contributed by atoms with Gasteiger partial charge in [-0.2, -0.15) is 0 Å². The molecule has 2 aromatic heterocycles. The van der Waals surface area contributed by atoms with E-state index in [1.165, 1.54) is 17.0 Å². The van der Waals surface area contributed by atoms with Crippen molar-refractivity contribution in [3.63, 3.8) is 0 Å². The molecule has 0 aromatic carbocycles. The Morgan fingerprint density at radius 1 is 1.50 bits per heavy atom. The molecule has 2 aromatic rings. The minimum Gasteiger partial charge on any atom is -0.350 e. The zero-order chi connectivity index (χ0) is 14.1. The molecule has 20 heavy (non-hydrogen) atoms. The molecule has 3 heterocycles. The summed E-state index contributed by atoms with van der Waals surface area (Å²) in [5, 5.41) is 5.03. The molecular weight excluding hydrogens is 270 g/mol. The highest BCUT2D eigenvalue weighted by Gasteiger charge is 2.23. The van der Waals surface area contributed by atoms with Crippen molar-refractivity contribution in [3.05, 3.63) is 45.9 Å². The summed E-state index contributed by atoms with van der Waals surface area (Å²) in [7, 11) is 2.11. The molecule has 0 saturated heterocycles. The third kappa shape index (κ3) is 2.51. The molecule has 0 saturated carbocycles. The van der Waals surface area contributed by atoms with E-state index in [1.807, 2.05) is 18.4 Å². The summed E-state index contributed by atoms with van der Waals surface area (Å²) in [5.74, 6) is 0.0456. The Morgan fingerprint density at radius 2 is 2.35 bits per heavy atom. The molecule has 0 fully saturated rings. The average molecular weight is 289 g/mol. The van der Waals surface area contributed by atoms with Gasteiger partial charge >= 0.3 is 0 Å².